The molecule has 0 radical (unpaired) electrons. The predicted molar refractivity (Wildman–Crippen MR) is 119 cm³/mol. The SMILES string of the molecule is I.NC(=NCCCN1CCN(c2cccc(C(F)(F)F)c2)CC1)N1CCOCC1. The van der Waals surface area contributed by atoms with Crippen molar-refractivity contribution in [1.82, 2.24) is 9.80 Å². The van der Waals surface area contributed by atoms with Crippen molar-refractivity contribution in [3.63, 3.8) is 0 Å². The lowest BCUT2D eigenvalue weighted by molar-refractivity contribution is -0.137. The maximum absolute atomic E-state index is 12.9. The first-order chi connectivity index (χ1) is 13.4. The largest absolute Gasteiger partial charge is 0.416 e. The molecule has 0 amide bonds. The number of hydrogen-bond donors (Lipinski definition) is 1. The molecule has 29 heavy (non-hydrogen) atoms. The molecule has 164 valence electrons. The first kappa shape index (κ1) is 24.0. The zero-order chi connectivity index (χ0) is 20.0. The molecule has 2 aliphatic heterocycles. The van der Waals surface area contributed by atoms with Gasteiger partial charge in [-0.25, -0.2) is 0 Å². The molecule has 0 bridgehead atoms. The second kappa shape index (κ2) is 11.2. The Bertz CT molecular complexity index is 659. The van der Waals surface area contributed by atoms with Crippen molar-refractivity contribution in [1.29, 1.82) is 0 Å². The Balaban J connectivity index is 0.00000300. The minimum absolute atomic E-state index is 0. The number of halogens is 4. The van der Waals surface area contributed by atoms with Crippen LogP contribution < -0.4 is 10.6 Å². The Morgan fingerprint density at radius 2 is 1.76 bits per heavy atom. The van der Waals surface area contributed by atoms with Gasteiger partial charge in [0.2, 0.25) is 0 Å². The quantitative estimate of drug-likeness (QED) is 0.276. The van der Waals surface area contributed by atoms with Crippen molar-refractivity contribution in [3.8, 4) is 0 Å². The van der Waals surface area contributed by atoms with E-state index in [1.165, 1.54) is 12.1 Å². The van der Waals surface area contributed by atoms with Gasteiger partial charge in [-0.1, -0.05) is 6.07 Å². The molecule has 6 nitrogen and oxygen atoms in total. The van der Waals surface area contributed by atoms with Gasteiger partial charge in [0.05, 0.1) is 18.8 Å². The Labute approximate surface area is 186 Å². The van der Waals surface area contributed by atoms with Crippen LogP contribution in [0.4, 0.5) is 18.9 Å². The third kappa shape index (κ3) is 7.18. The average molecular weight is 527 g/mol. The van der Waals surface area contributed by atoms with Crippen molar-refractivity contribution in [2.75, 3.05) is 70.5 Å². The summed E-state index contributed by atoms with van der Waals surface area (Å²) in [7, 11) is 0. The number of nitrogens with zero attached hydrogens (tertiary/aromatic N) is 4. The molecule has 0 saturated carbocycles. The van der Waals surface area contributed by atoms with Crippen LogP contribution in [0, 0.1) is 0 Å². The normalized spacial score (nSPS) is 19.2. The molecule has 0 unspecified atom stereocenters. The van der Waals surface area contributed by atoms with Gasteiger partial charge in [0.25, 0.3) is 0 Å². The van der Waals surface area contributed by atoms with Crippen molar-refractivity contribution >= 4 is 35.6 Å². The van der Waals surface area contributed by atoms with Crippen LogP contribution in [0.25, 0.3) is 0 Å². The van der Waals surface area contributed by atoms with E-state index < -0.39 is 11.7 Å². The Hall–Kier alpha value is -1.27. The van der Waals surface area contributed by atoms with E-state index in [2.05, 4.69) is 9.89 Å². The molecule has 0 aromatic heterocycles. The van der Waals surface area contributed by atoms with Crippen LogP contribution in [0.5, 0.6) is 0 Å². The highest BCUT2D eigenvalue weighted by Crippen LogP contribution is 2.31. The number of piperazine rings is 1. The summed E-state index contributed by atoms with van der Waals surface area (Å²) in [5, 5.41) is 0. The molecule has 0 spiro atoms. The molecule has 3 rings (SSSR count). The van der Waals surface area contributed by atoms with Gasteiger partial charge in [-0.05, 0) is 24.6 Å². The molecule has 10 heteroatoms. The van der Waals surface area contributed by atoms with E-state index in [0.717, 1.165) is 58.3 Å². The van der Waals surface area contributed by atoms with Crippen LogP contribution in [-0.2, 0) is 10.9 Å². The highest BCUT2D eigenvalue weighted by molar-refractivity contribution is 14.0. The summed E-state index contributed by atoms with van der Waals surface area (Å²) in [6.45, 7) is 7.64. The number of rotatable bonds is 5. The highest BCUT2D eigenvalue weighted by Gasteiger charge is 2.31. The van der Waals surface area contributed by atoms with E-state index in [9.17, 15) is 13.2 Å². The lowest BCUT2D eigenvalue weighted by Crippen LogP contribution is -2.47. The summed E-state index contributed by atoms with van der Waals surface area (Å²) in [6.07, 6.45) is -3.39. The highest BCUT2D eigenvalue weighted by atomic mass is 127. The number of anilines is 1. The Morgan fingerprint density at radius 3 is 2.41 bits per heavy atom. The summed E-state index contributed by atoms with van der Waals surface area (Å²) in [5.74, 6) is 0.581. The molecule has 2 fully saturated rings. The van der Waals surface area contributed by atoms with Crippen LogP contribution in [0.2, 0.25) is 0 Å². The van der Waals surface area contributed by atoms with Gasteiger partial charge in [-0.3, -0.25) is 9.89 Å². The molecule has 1 aromatic rings. The summed E-state index contributed by atoms with van der Waals surface area (Å²) in [6, 6.07) is 5.57. The van der Waals surface area contributed by atoms with Gasteiger partial charge < -0.3 is 20.3 Å². The van der Waals surface area contributed by atoms with E-state index >= 15 is 0 Å². The van der Waals surface area contributed by atoms with Crippen LogP contribution in [-0.4, -0.2) is 81.3 Å². The van der Waals surface area contributed by atoms with Gasteiger partial charge in [0, 0.05) is 58.0 Å². The fourth-order valence-corrected chi connectivity index (χ4v) is 3.49. The van der Waals surface area contributed by atoms with Crippen molar-refractivity contribution in [2.45, 2.75) is 12.6 Å². The summed E-state index contributed by atoms with van der Waals surface area (Å²) >= 11 is 0. The van der Waals surface area contributed by atoms with Crippen molar-refractivity contribution < 1.29 is 17.9 Å². The van der Waals surface area contributed by atoms with Gasteiger partial charge in [-0.15, -0.1) is 24.0 Å². The van der Waals surface area contributed by atoms with E-state index in [-0.39, 0.29) is 24.0 Å². The van der Waals surface area contributed by atoms with Gasteiger partial charge in [-0.2, -0.15) is 13.2 Å². The lowest BCUT2D eigenvalue weighted by Gasteiger charge is -2.36. The smallest absolute Gasteiger partial charge is 0.378 e. The van der Waals surface area contributed by atoms with E-state index in [1.54, 1.807) is 6.07 Å². The third-order valence-corrected chi connectivity index (χ3v) is 5.15. The number of ether oxygens (including phenoxy) is 1. The van der Waals surface area contributed by atoms with Crippen molar-refractivity contribution in [2.24, 2.45) is 10.7 Å². The first-order valence-electron chi connectivity index (χ1n) is 9.70. The second-order valence-electron chi connectivity index (χ2n) is 7.07. The number of alkyl halides is 3. The number of benzene rings is 1. The average Bonchev–Trinajstić information content (AvgIpc) is 2.71. The monoisotopic (exact) mass is 527 g/mol. The van der Waals surface area contributed by atoms with E-state index in [1.807, 2.05) is 9.80 Å². The second-order valence-corrected chi connectivity index (χ2v) is 7.07. The van der Waals surface area contributed by atoms with Gasteiger partial charge in [0.1, 0.15) is 0 Å². The van der Waals surface area contributed by atoms with Crippen LogP contribution in [0.1, 0.15) is 12.0 Å². The molecular formula is C19H29F3IN5O. The maximum Gasteiger partial charge on any atom is 0.416 e. The number of aliphatic imine (C=N–C) groups is 1. The number of hydrogen-bond acceptors (Lipinski definition) is 4. The zero-order valence-corrected chi connectivity index (χ0v) is 18.7. The van der Waals surface area contributed by atoms with Crippen molar-refractivity contribution in [3.05, 3.63) is 29.8 Å². The third-order valence-electron chi connectivity index (χ3n) is 5.15. The molecular weight excluding hydrogens is 498 g/mol. The fourth-order valence-electron chi connectivity index (χ4n) is 3.49. The predicted octanol–water partition coefficient (Wildman–Crippen LogP) is 2.48. The maximum atomic E-state index is 12.9. The minimum atomic E-state index is -4.30. The fraction of sp³-hybridized carbons (Fsp3) is 0.632. The molecule has 2 N–H and O–H groups in total. The molecule has 2 aliphatic rings. The summed E-state index contributed by atoms with van der Waals surface area (Å²) in [4.78, 5) is 10.8. The summed E-state index contributed by atoms with van der Waals surface area (Å²) in [5.41, 5.74) is 6.06. The minimum Gasteiger partial charge on any atom is -0.378 e. The first-order valence-corrected chi connectivity index (χ1v) is 9.70. The molecule has 0 atom stereocenters. The molecule has 0 aliphatic carbocycles. The molecule has 2 saturated heterocycles. The number of morpholine rings is 1. The van der Waals surface area contributed by atoms with Gasteiger partial charge >= 0.3 is 6.18 Å². The zero-order valence-electron chi connectivity index (χ0n) is 16.4. The van der Waals surface area contributed by atoms with Crippen LogP contribution >= 0.6 is 24.0 Å². The van der Waals surface area contributed by atoms with E-state index in [4.69, 9.17) is 10.5 Å². The van der Waals surface area contributed by atoms with Gasteiger partial charge in [0.15, 0.2) is 5.96 Å². The molecule has 2 heterocycles. The Morgan fingerprint density at radius 1 is 1.07 bits per heavy atom. The standard InChI is InChI=1S/C19H28F3N5O.HI/c20-19(21,22)16-3-1-4-17(15-16)26-9-7-25(8-10-26)6-2-5-24-18(23)27-11-13-28-14-12-27;/h1,3-4,15H,2,5-14H2,(H2,23,24);1H. The van der Waals surface area contributed by atoms with E-state index in [0.29, 0.717) is 31.4 Å². The number of guanidine groups is 1. The number of nitrogens with two attached hydrogens (primary N) is 1. The lowest BCUT2D eigenvalue weighted by atomic mass is 10.1. The van der Waals surface area contributed by atoms with Crippen LogP contribution in [0.3, 0.4) is 0 Å². The van der Waals surface area contributed by atoms with Crippen LogP contribution in [0.15, 0.2) is 29.3 Å². The topological polar surface area (TPSA) is 57.3 Å². The molecule has 1 aromatic carbocycles. The summed E-state index contributed by atoms with van der Waals surface area (Å²) < 4.78 is 44.0. The Kier molecular flexibility index (Phi) is 9.28.